The Labute approximate surface area is 135 Å². The summed E-state index contributed by atoms with van der Waals surface area (Å²) in [4.78, 5) is 16.4. The summed E-state index contributed by atoms with van der Waals surface area (Å²) in [6, 6.07) is 0. The van der Waals surface area contributed by atoms with E-state index >= 15 is 0 Å². The smallest absolute Gasteiger partial charge is 0.236 e. The molecular formula is C18H34N2O2. The average Bonchev–Trinajstić information content (AvgIpc) is 2.45. The van der Waals surface area contributed by atoms with Gasteiger partial charge in [0, 0.05) is 13.1 Å². The average molecular weight is 310 g/mol. The monoisotopic (exact) mass is 310 g/mol. The lowest BCUT2D eigenvalue weighted by Gasteiger charge is -2.33. The Morgan fingerprint density at radius 3 is 2.32 bits per heavy atom. The molecule has 0 spiro atoms. The fourth-order valence-corrected chi connectivity index (χ4v) is 4.28. The third-order valence-electron chi connectivity index (χ3n) is 5.42. The summed E-state index contributed by atoms with van der Waals surface area (Å²) in [5.41, 5.74) is 0. The topological polar surface area (TPSA) is 43.8 Å². The van der Waals surface area contributed by atoms with E-state index in [0.29, 0.717) is 19.6 Å². The highest BCUT2D eigenvalue weighted by Gasteiger charge is 2.25. The highest BCUT2D eigenvalue weighted by molar-refractivity contribution is 5.78. The summed E-state index contributed by atoms with van der Waals surface area (Å²) in [5, 5.41) is 9.51. The molecule has 1 saturated heterocycles. The van der Waals surface area contributed by atoms with Gasteiger partial charge in [0.1, 0.15) is 0 Å². The van der Waals surface area contributed by atoms with E-state index in [1.807, 2.05) is 4.90 Å². The maximum Gasteiger partial charge on any atom is 0.236 e. The number of carbonyl (C=O) groups is 1. The first-order chi connectivity index (χ1) is 10.4. The van der Waals surface area contributed by atoms with Gasteiger partial charge in [-0.1, -0.05) is 13.8 Å². The number of piperidine rings is 1. The van der Waals surface area contributed by atoms with Crippen LogP contribution in [0.4, 0.5) is 0 Å². The summed E-state index contributed by atoms with van der Waals surface area (Å²) in [5.74, 6) is 2.78. The molecule has 1 aliphatic heterocycles. The summed E-state index contributed by atoms with van der Waals surface area (Å²) >= 11 is 0. The lowest BCUT2D eigenvalue weighted by Crippen LogP contribution is -2.44. The van der Waals surface area contributed by atoms with Gasteiger partial charge in [-0.05, 0) is 69.9 Å². The molecule has 1 amide bonds. The molecule has 2 rings (SSSR count). The van der Waals surface area contributed by atoms with Gasteiger partial charge in [-0.25, -0.2) is 0 Å². The fourth-order valence-electron chi connectivity index (χ4n) is 4.28. The molecule has 0 aromatic heterocycles. The number of amides is 1. The van der Waals surface area contributed by atoms with Gasteiger partial charge in [0.25, 0.3) is 0 Å². The van der Waals surface area contributed by atoms with E-state index in [9.17, 15) is 9.90 Å². The van der Waals surface area contributed by atoms with Gasteiger partial charge in [-0.2, -0.15) is 0 Å². The Morgan fingerprint density at radius 1 is 1.14 bits per heavy atom. The van der Waals surface area contributed by atoms with Crippen LogP contribution in [0.2, 0.25) is 0 Å². The number of likely N-dealkylation sites (N-methyl/N-ethyl adjacent to an activating group) is 1. The van der Waals surface area contributed by atoms with Crippen LogP contribution < -0.4 is 0 Å². The van der Waals surface area contributed by atoms with Crippen LogP contribution in [0.25, 0.3) is 0 Å². The molecule has 1 heterocycles. The number of aliphatic hydroxyl groups is 1. The van der Waals surface area contributed by atoms with Crippen LogP contribution in [-0.2, 0) is 4.79 Å². The van der Waals surface area contributed by atoms with Gasteiger partial charge < -0.3 is 10.0 Å². The summed E-state index contributed by atoms with van der Waals surface area (Å²) in [6.07, 6.45) is 6.56. The molecular weight excluding hydrogens is 276 g/mol. The minimum atomic E-state index is -0.211. The number of carbonyl (C=O) groups excluding carboxylic acids is 1. The van der Waals surface area contributed by atoms with E-state index in [2.05, 4.69) is 25.8 Å². The van der Waals surface area contributed by atoms with Gasteiger partial charge in [-0.3, -0.25) is 9.69 Å². The van der Waals surface area contributed by atoms with Crippen LogP contribution in [0.15, 0.2) is 0 Å². The van der Waals surface area contributed by atoms with E-state index in [1.54, 1.807) is 0 Å². The van der Waals surface area contributed by atoms with E-state index in [-0.39, 0.29) is 12.0 Å². The van der Waals surface area contributed by atoms with Crippen LogP contribution in [0.1, 0.15) is 52.4 Å². The van der Waals surface area contributed by atoms with Gasteiger partial charge in [0.15, 0.2) is 0 Å². The number of nitrogens with zero attached hydrogens (tertiary/aromatic N) is 2. The lowest BCUT2D eigenvalue weighted by atomic mass is 9.75. The Hall–Kier alpha value is -0.610. The number of rotatable bonds is 5. The van der Waals surface area contributed by atoms with Crippen molar-refractivity contribution in [2.75, 3.05) is 33.2 Å². The van der Waals surface area contributed by atoms with Crippen LogP contribution in [0.3, 0.4) is 0 Å². The van der Waals surface area contributed by atoms with Crippen LogP contribution >= 0.6 is 0 Å². The molecule has 1 saturated carbocycles. The highest BCUT2D eigenvalue weighted by atomic mass is 16.3. The zero-order valence-electron chi connectivity index (χ0n) is 14.6. The van der Waals surface area contributed by atoms with Crippen molar-refractivity contribution >= 4 is 5.91 Å². The quantitative estimate of drug-likeness (QED) is 0.848. The van der Waals surface area contributed by atoms with Crippen LogP contribution in [-0.4, -0.2) is 60.1 Å². The second-order valence-corrected chi connectivity index (χ2v) is 7.92. The van der Waals surface area contributed by atoms with Gasteiger partial charge in [0.05, 0.1) is 12.6 Å². The molecule has 22 heavy (non-hydrogen) atoms. The van der Waals surface area contributed by atoms with E-state index in [4.69, 9.17) is 0 Å². The number of likely N-dealkylation sites (tertiary alicyclic amines) is 1. The van der Waals surface area contributed by atoms with Crippen molar-refractivity contribution in [3.63, 3.8) is 0 Å². The van der Waals surface area contributed by atoms with Gasteiger partial charge in [-0.15, -0.1) is 0 Å². The Kier molecular flexibility index (Phi) is 6.69. The Bertz CT molecular complexity index is 343. The molecule has 1 aliphatic carbocycles. The predicted octanol–water partition coefficient (Wildman–Crippen LogP) is 2.36. The Balaban J connectivity index is 1.66. The number of aliphatic hydroxyl groups excluding tert-OH is 1. The third-order valence-corrected chi connectivity index (χ3v) is 5.42. The molecule has 2 atom stereocenters. The van der Waals surface area contributed by atoms with Gasteiger partial charge in [0.2, 0.25) is 5.91 Å². The molecule has 128 valence electrons. The van der Waals surface area contributed by atoms with Crippen molar-refractivity contribution in [1.29, 1.82) is 0 Å². The summed E-state index contributed by atoms with van der Waals surface area (Å²) in [7, 11) is 2.06. The molecule has 4 heteroatoms. The van der Waals surface area contributed by atoms with E-state index < -0.39 is 0 Å². The first-order valence-electron chi connectivity index (χ1n) is 9.08. The minimum Gasteiger partial charge on any atom is -0.393 e. The van der Waals surface area contributed by atoms with Crippen LogP contribution in [0.5, 0.6) is 0 Å². The van der Waals surface area contributed by atoms with Crippen molar-refractivity contribution in [3.05, 3.63) is 0 Å². The van der Waals surface area contributed by atoms with Crippen molar-refractivity contribution in [2.45, 2.75) is 58.5 Å². The van der Waals surface area contributed by atoms with Crippen LogP contribution in [0, 0.1) is 17.8 Å². The van der Waals surface area contributed by atoms with E-state index in [1.165, 1.54) is 25.7 Å². The fraction of sp³-hybridized carbons (Fsp3) is 0.944. The molecule has 2 fully saturated rings. The molecule has 1 N–H and O–H groups in total. The lowest BCUT2D eigenvalue weighted by molar-refractivity contribution is -0.134. The largest absolute Gasteiger partial charge is 0.393 e. The molecule has 4 nitrogen and oxygen atoms in total. The zero-order valence-corrected chi connectivity index (χ0v) is 14.6. The molecule has 2 unspecified atom stereocenters. The SMILES string of the molecule is CC1CC(C)CC(CCN(C)CC(=O)N2CCC(O)CC2)C1. The van der Waals surface area contributed by atoms with Gasteiger partial charge >= 0.3 is 0 Å². The molecule has 0 aromatic rings. The second kappa shape index (κ2) is 8.30. The first kappa shape index (κ1) is 17.7. The van der Waals surface area contributed by atoms with Crippen molar-refractivity contribution in [2.24, 2.45) is 17.8 Å². The Morgan fingerprint density at radius 2 is 1.73 bits per heavy atom. The molecule has 0 radical (unpaired) electrons. The first-order valence-corrected chi connectivity index (χ1v) is 9.08. The van der Waals surface area contributed by atoms with Crippen molar-refractivity contribution in [1.82, 2.24) is 9.80 Å². The maximum atomic E-state index is 12.3. The highest BCUT2D eigenvalue weighted by Crippen LogP contribution is 2.34. The molecule has 0 bridgehead atoms. The standard InChI is InChI=1S/C18H34N2O2/c1-14-10-15(2)12-16(11-14)4-7-19(3)13-18(22)20-8-5-17(21)6-9-20/h14-17,21H,4-13H2,1-3H3. The minimum absolute atomic E-state index is 0.211. The molecule has 2 aliphatic rings. The maximum absolute atomic E-state index is 12.3. The van der Waals surface area contributed by atoms with Crippen molar-refractivity contribution < 1.29 is 9.90 Å². The zero-order chi connectivity index (χ0) is 16.1. The number of hydrogen-bond acceptors (Lipinski definition) is 3. The molecule has 0 aromatic carbocycles. The summed E-state index contributed by atoms with van der Waals surface area (Å²) < 4.78 is 0. The predicted molar refractivity (Wildman–Crippen MR) is 89.6 cm³/mol. The van der Waals surface area contributed by atoms with E-state index in [0.717, 1.165) is 37.1 Å². The van der Waals surface area contributed by atoms with Crippen molar-refractivity contribution in [3.8, 4) is 0 Å². The number of hydrogen-bond donors (Lipinski definition) is 1. The second-order valence-electron chi connectivity index (χ2n) is 7.92. The normalized spacial score (nSPS) is 30.8. The third kappa shape index (κ3) is 5.54. The summed E-state index contributed by atoms with van der Waals surface area (Å²) in [6.45, 7) is 7.72.